The minimum Gasteiger partial charge on any atom is -0.420 e. The third kappa shape index (κ3) is 3.14. The molecule has 0 aliphatic rings. The number of aryl methyl sites for hydroxylation is 1. The van der Waals surface area contributed by atoms with Crippen LogP contribution in [-0.2, 0) is 0 Å². The molecule has 6 heteroatoms. The molecule has 0 radical (unpaired) electrons. The van der Waals surface area contributed by atoms with Crippen molar-refractivity contribution in [2.75, 3.05) is 5.32 Å². The van der Waals surface area contributed by atoms with Crippen molar-refractivity contribution in [3.8, 4) is 22.7 Å². The van der Waals surface area contributed by atoms with Crippen LogP contribution < -0.4 is 5.32 Å². The standard InChI is InChI=1S/C24H18N4O2/c1-16-21(28-15-9-8-14-19(28)25-16)22(29)27-24-20(17-10-4-2-5-11-17)26-23(30-24)18-12-6-3-7-13-18/h2-15H,1H3,(H,27,29). The monoisotopic (exact) mass is 394 g/mol. The molecule has 0 unspecified atom stereocenters. The first-order valence-electron chi connectivity index (χ1n) is 9.57. The van der Waals surface area contributed by atoms with Gasteiger partial charge in [-0.3, -0.25) is 14.5 Å². The highest BCUT2D eigenvalue weighted by Gasteiger charge is 2.22. The lowest BCUT2D eigenvalue weighted by molar-refractivity contribution is 0.101. The highest BCUT2D eigenvalue weighted by molar-refractivity contribution is 6.05. The zero-order valence-electron chi connectivity index (χ0n) is 16.2. The van der Waals surface area contributed by atoms with Crippen LogP contribution in [0.25, 0.3) is 28.4 Å². The number of fused-ring (bicyclic) bond motifs is 1. The molecule has 5 rings (SSSR count). The van der Waals surface area contributed by atoms with Crippen molar-refractivity contribution in [2.45, 2.75) is 6.92 Å². The normalized spacial score (nSPS) is 11.0. The number of imidazole rings is 1. The molecule has 0 bridgehead atoms. The first kappa shape index (κ1) is 17.9. The Hall–Kier alpha value is -4.19. The van der Waals surface area contributed by atoms with E-state index in [0.717, 1.165) is 11.1 Å². The average Bonchev–Trinajstić information content (AvgIpc) is 3.35. The quantitative estimate of drug-likeness (QED) is 0.454. The summed E-state index contributed by atoms with van der Waals surface area (Å²) in [7, 11) is 0. The van der Waals surface area contributed by atoms with Crippen molar-refractivity contribution in [1.29, 1.82) is 0 Å². The number of hydrogen-bond donors (Lipinski definition) is 1. The maximum atomic E-state index is 13.2. The Labute approximate surface area is 172 Å². The molecule has 3 heterocycles. The third-order valence-corrected chi connectivity index (χ3v) is 4.84. The van der Waals surface area contributed by atoms with Crippen LogP contribution in [0, 0.1) is 6.92 Å². The van der Waals surface area contributed by atoms with Gasteiger partial charge >= 0.3 is 0 Å². The van der Waals surface area contributed by atoms with Gasteiger partial charge in [-0.2, -0.15) is 0 Å². The van der Waals surface area contributed by atoms with Crippen molar-refractivity contribution in [3.05, 3.63) is 96.4 Å². The lowest BCUT2D eigenvalue weighted by Gasteiger charge is -2.05. The molecule has 0 atom stereocenters. The molecule has 146 valence electrons. The summed E-state index contributed by atoms with van der Waals surface area (Å²) in [5, 5.41) is 2.91. The molecule has 0 aliphatic carbocycles. The fraction of sp³-hybridized carbons (Fsp3) is 0.0417. The first-order chi connectivity index (χ1) is 14.7. The number of oxazole rings is 1. The van der Waals surface area contributed by atoms with E-state index in [4.69, 9.17) is 4.42 Å². The fourth-order valence-corrected chi connectivity index (χ4v) is 3.45. The van der Waals surface area contributed by atoms with Gasteiger partial charge in [-0.25, -0.2) is 9.97 Å². The number of carbonyl (C=O) groups excluding carboxylic acids is 1. The minimum absolute atomic E-state index is 0.301. The predicted molar refractivity (Wildman–Crippen MR) is 115 cm³/mol. The predicted octanol–water partition coefficient (Wildman–Crippen LogP) is 5.22. The molecule has 0 aliphatic heterocycles. The summed E-state index contributed by atoms with van der Waals surface area (Å²) in [4.78, 5) is 22.3. The van der Waals surface area contributed by atoms with E-state index >= 15 is 0 Å². The molecule has 1 N–H and O–H groups in total. The molecule has 2 aromatic carbocycles. The van der Waals surface area contributed by atoms with Gasteiger partial charge in [-0.15, -0.1) is 0 Å². The van der Waals surface area contributed by atoms with Gasteiger partial charge in [0.15, 0.2) is 0 Å². The summed E-state index contributed by atoms with van der Waals surface area (Å²) in [6.45, 7) is 1.82. The van der Waals surface area contributed by atoms with Crippen molar-refractivity contribution < 1.29 is 9.21 Å². The Morgan fingerprint density at radius 3 is 2.27 bits per heavy atom. The van der Waals surface area contributed by atoms with E-state index in [1.54, 1.807) is 4.40 Å². The van der Waals surface area contributed by atoms with Crippen LogP contribution in [0.5, 0.6) is 0 Å². The van der Waals surface area contributed by atoms with Crippen molar-refractivity contribution >= 4 is 17.4 Å². The van der Waals surface area contributed by atoms with Crippen LogP contribution >= 0.6 is 0 Å². The van der Waals surface area contributed by atoms with Gasteiger partial charge in [0.1, 0.15) is 17.0 Å². The van der Waals surface area contributed by atoms with Crippen LogP contribution in [0.15, 0.2) is 89.5 Å². The molecule has 1 amide bonds. The number of nitrogens with one attached hydrogen (secondary N) is 1. The second-order valence-corrected chi connectivity index (χ2v) is 6.86. The number of amides is 1. The number of pyridine rings is 1. The van der Waals surface area contributed by atoms with Crippen LogP contribution in [-0.4, -0.2) is 20.3 Å². The average molecular weight is 394 g/mol. The number of hydrogen-bond acceptors (Lipinski definition) is 4. The number of nitrogens with zero attached hydrogens (tertiary/aromatic N) is 3. The number of benzene rings is 2. The van der Waals surface area contributed by atoms with E-state index in [9.17, 15) is 4.79 Å². The van der Waals surface area contributed by atoms with Gasteiger partial charge in [0, 0.05) is 17.3 Å². The number of carbonyl (C=O) groups is 1. The second-order valence-electron chi connectivity index (χ2n) is 6.86. The summed E-state index contributed by atoms with van der Waals surface area (Å²) in [6.07, 6.45) is 1.82. The molecule has 30 heavy (non-hydrogen) atoms. The van der Waals surface area contributed by atoms with Gasteiger partial charge in [-0.05, 0) is 31.2 Å². The van der Waals surface area contributed by atoms with Crippen molar-refractivity contribution in [1.82, 2.24) is 14.4 Å². The van der Waals surface area contributed by atoms with E-state index in [2.05, 4.69) is 15.3 Å². The molecule has 3 aromatic heterocycles. The highest BCUT2D eigenvalue weighted by atomic mass is 16.4. The smallest absolute Gasteiger partial charge is 0.276 e. The van der Waals surface area contributed by atoms with Crippen molar-refractivity contribution in [2.24, 2.45) is 0 Å². The minimum atomic E-state index is -0.306. The summed E-state index contributed by atoms with van der Waals surface area (Å²) in [5.41, 5.74) is 4.08. The molecule has 0 fully saturated rings. The summed E-state index contributed by atoms with van der Waals surface area (Å²) >= 11 is 0. The molecule has 0 spiro atoms. The van der Waals surface area contributed by atoms with E-state index in [0.29, 0.717) is 34.5 Å². The SMILES string of the molecule is Cc1nc2ccccn2c1C(=O)Nc1oc(-c2ccccc2)nc1-c1ccccc1. The Kier molecular flexibility index (Phi) is 4.37. The summed E-state index contributed by atoms with van der Waals surface area (Å²) in [6, 6.07) is 24.9. The second kappa shape index (κ2) is 7.33. The Morgan fingerprint density at radius 2 is 1.53 bits per heavy atom. The van der Waals surface area contributed by atoms with E-state index in [-0.39, 0.29) is 5.91 Å². The number of rotatable bonds is 4. The first-order valence-corrected chi connectivity index (χ1v) is 9.57. The number of aromatic nitrogens is 3. The lowest BCUT2D eigenvalue weighted by Crippen LogP contribution is -2.15. The van der Waals surface area contributed by atoms with Gasteiger partial charge in [0.2, 0.25) is 11.8 Å². The molecular weight excluding hydrogens is 376 g/mol. The maximum absolute atomic E-state index is 13.2. The van der Waals surface area contributed by atoms with Crippen LogP contribution in [0.4, 0.5) is 5.88 Å². The molecule has 0 saturated carbocycles. The fourth-order valence-electron chi connectivity index (χ4n) is 3.45. The largest absolute Gasteiger partial charge is 0.420 e. The van der Waals surface area contributed by atoms with Crippen LogP contribution in [0.3, 0.4) is 0 Å². The highest BCUT2D eigenvalue weighted by Crippen LogP contribution is 2.33. The molecular formula is C24H18N4O2. The molecule has 0 saturated heterocycles. The lowest BCUT2D eigenvalue weighted by atomic mass is 10.1. The van der Waals surface area contributed by atoms with Gasteiger partial charge in [0.05, 0.1) is 5.69 Å². The van der Waals surface area contributed by atoms with E-state index in [1.165, 1.54) is 0 Å². The Balaban J connectivity index is 1.58. The molecule has 5 aromatic rings. The van der Waals surface area contributed by atoms with Gasteiger partial charge in [0.25, 0.3) is 5.91 Å². The van der Waals surface area contributed by atoms with Crippen LogP contribution in [0.2, 0.25) is 0 Å². The van der Waals surface area contributed by atoms with Crippen LogP contribution in [0.1, 0.15) is 16.2 Å². The zero-order valence-corrected chi connectivity index (χ0v) is 16.2. The third-order valence-electron chi connectivity index (χ3n) is 4.84. The summed E-state index contributed by atoms with van der Waals surface area (Å²) < 4.78 is 7.77. The van der Waals surface area contributed by atoms with E-state index < -0.39 is 0 Å². The van der Waals surface area contributed by atoms with Gasteiger partial charge < -0.3 is 4.42 Å². The Bertz CT molecular complexity index is 1340. The maximum Gasteiger partial charge on any atom is 0.276 e. The van der Waals surface area contributed by atoms with E-state index in [1.807, 2.05) is 92.0 Å². The number of anilines is 1. The summed E-state index contributed by atoms with van der Waals surface area (Å²) in [5.74, 6) is 0.439. The van der Waals surface area contributed by atoms with Gasteiger partial charge in [-0.1, -0.05) is 54.6 Å². The molecule has 6 nitrogen and oxygen atoms in total. The zero-order chi connectivity index (χ0) is 20.5. The van der Waals surface area contributed by atoms with Crippen molar-refractivity contribution in [3.63, 3.8) is 0 Å². The topological polar surface area (TPSA) is 72.4 Å². The Morgan fingerprint density at radius 1 is 0.867 bits per heavy atom.